The number of anilines is 1. The number of carbonyl (C=O) groups excluding carboxylic acids is 2. The van der Waals surface area contributed by atoms with Crippen molar-refractivity contribution in [1.82, 2.24) is 0 Å². The third-order valence-corrected chi connectivity index (χ3v) is 5.17. The van der Waals surface area contributed by atoms with Gasteiger partial charge in [0.25, 0.3) is 0 Å². The predicted molar refractivity (Wildman–Crippen MR) is 101 cm³/mol. The van der Waals surface area contributed by atoms with Gasteiger partial charge in [-0.05, 0) is 45.4 Å². The molecular formula is C16H21Cl2NO6S. The summed E-state index contributed by atoms with van der Waals surface area (Å²) in [5.41, 5.74) is -1.33. The van der Waals surface area contributed by atoms with Crippen LogP contribution in [0.2, 0.25) is 5.02 Å². The molecule has 0 heterocycles. The van der Waals surface area contributed by atoms with Gasteiger partial charge in [-0.1, -0.05) is 11.6 Å². The van der Waals surface area contributed by atoms with E-state index in [4.69, 9.17) is 27.9 Å². The SMILES string of the molecule is COC(=O)c1cc(Cl)ccc1N(C(=O)OC(C)(C)C)S(=O)(=O)CCCCl. The number of ether oxygens (including phenoxy) is 2. The van der Waals surface area contributed by atoms with E-state index in [1.807, 2.05) is 0 Å². The van der Waals surface area contributed by atoms with Crippen LogP contribution in [0.3, 0.4) is 0 Å². The number of nitrogens with zero attached hydrogens (tertiary/aromatic N) is 1. The second-order valence-corrected chi connectivity index (χ2v) is 9.01. The average Bonchev–Trinajstić information content (AvgIpc) is 2.51. The van der Waals surface area contributed by atoms with Crippen molar-refractivity contribution in [2.24, 2.45) is 0 Å². The molecule has 1 aromatic rings. The Morgan fingerprint density at radius 3 is 2.35 bits per heavy atom. The number of methoxy groups -OCH3 is 1. The molecule has 1 aromatic carbocycles. The number of amides is 1. The first kappa shape index (κ1) is 22.5. The van der Waals surface area contributed by atoms with E-state index >= 15 is 0 Å². The summed E-state index contributed by atoms with van der Waals surface area (Å²) in [6.07, 6.45) is -1.02. The number of carbonyl (C=O) groups is 2. The zero-order valence-corrected chi connectivity index (χ0v) is 17.2. The second-order valence-electron chi connectivity index (χ2n) is 6.26. The number of halogens is 2. The minimum Gasteiger partial charge on any atom is -0.465 e. The standard InChI is InChI=1S/C16H21Cl2NO6S/c1-16(2,3)25-15(21)19(26(22,23)9-5-8-17)13-7-6-11(18)10-12(13)14(20)24-4/h6-7,10H,5,8-9H2,1-4H3. The number of hydrogen-bond donors (Lipinski definition) is 0. The summed E-state index contributed by atoms with van der Waals surface area (Å²) >= 11 is 11.5. The van der Waals surface area contributed by atoms with Crippen molar-refractivity contribution in [3.63, 3.8) is 0 Å². The topological polar surface area (TPSA) is 90.0 Å². The molecule has 0 aromatic heterocycles. The molecule has 0 spiro atoms. The molecule has 0 saturated carbocycles. The predicted octanol–water partition coefficient (Wildman–Crippen LogP) is 3.83. The number of alkyl halides is 1. The molecule has 0 aliphatic carbocycles. The smallest absolute Gasteiger partial charge is 0.428 e. The van der Waals surface area contributed by atoms with Crippen LogP contribution in [0.5, 0.6) is 0 Å². The summed E-state index contributed by atoms with van der Waals surface area (Å²) in [7, 11) is -3.03. The first-order valence-corrected chi connectivity index (χ1v) is 10.1. The lowest BCUT2D eigenvalue weighted by Gasteiger charge is -2.28. The van der Waals surface area contributed by atoms with E-state index in [9.17, 15) is 18.0 Å². The van der Waals surface area contributed by atoms with Crippen LogP contribution in [0.4, 0.5) is 10.5 Å². The largest absolute Gasteiger partial charge is 0.465 e. The fourth-order valence-electron chi connectivity index (χ4n) is 1.95. The third kappa shape index (κ3) is 6.03. The number of rotatable bonds is 6. The third-order valence-electron chi connectivity index (χ3n) is 2.96. The Balaban J connectivity index is 3.56. The first-order chi connectivity index (χ1) is 11.9. The second kappa shape index (κ2) is 8.92. The van der Waals surface area contributed by atoms with E-state index in [1.165, 1.54) is 18.2 Å². The summed E-state index contributed by atoms with van der Waals surface area (Å²) < 4.78 is 35.8. The normalized spacial score (nSPS) is 11.8. The molecule has 146 valence electrons. The summed E-state index contributed by atoms with van der Waals surface area (Å²) in [4.78, 5) is 24.7. The van der Waals surface area contributed by atoms with Crippen LogP contribution in [0, 0.1) is 0 Å². The van der Waals surface area contributed by atoms with E-state index in [2.05, 4.69) is 4.74 Å². The van der Waals surface area contributed by atoms with Crippen LogP contribution >= 0.6 is 23.2 Å². The molecule has 0 atom stereocenters. The summed E-state index contributed by atoms with van der Waals surface area (Å²) in [5, 5.41) is 0.177. The van der Waals surface area contributed by atoms with Gasteiger partial charge in [0.1, 0.15) is 5.60 Å². The molecule has 1 rings (SSSR count). The van der Waals surface area contributed by atoms with Crippen molar-refractivity contribution in [3.05, 3.63) is 28.8 Å². The summed E-state index contributed by atoms with van der Waals surface area (Å²) in [5.74, 6) is -1.16. The Bertz CT molecular complexity index is 773. The Labute approximate surface area is 163 Å². The van der Waals surface area contributed by atoms with E-state index in [1.54, 1.807) is 20.8 Å². The Hall–Kier alpha value is -1.51. The quantitative estimate of drug-likeness (QED) is 0.507. The van der Waals surface area contributed by atoms with Gasteiger partial charge in [-0.2, -0.15) is 4.31 Å². The molecule has 26 heavy (non-hydrogen) atoms. The van der Waals surface area contributed by atoms with Crippen molar-refractivity contribution in [2.75, 3.05) is 23.0 Å². The van der Waals surface area contributed by atoms with Crippen LogP contribution in [0.25, 0.3) is 0 Å². The van der Waals surface area contributed by atoms with Crippen LogP contribution in [-0.4, -0.2) is 44.8 Å². The fraction of sp³-hybridized carbons (Fsp3) is 0.500. The van der Waals surface area contributed by atoms with Crippen LogP contribution < -0.4 is 4.31 Å². The van der Waals surface area contributed by atoms with Gasteiger partial charge in [0.2, 0.25) is 10.0 Å². The maximum Gasteiger partial charge on any atom is 0.428 e. The van der Waals surface area contributed by atoms with Crippen molar-refractivity contribution in [1.29, 1.82) is 0 Å². The zero-order valence-electron chi connectivity index (χ0n) is 14.9. The maximum atomic E-state index is 12.7. The van der Waals surface area contributed by atoms with E-state index < -0.39 is 33.4 Å². The van der Waals surface area contributed by atoms with Crippen molar-refractivity contribution in [3.8, 4) is 0 Å². The molecule has 0 N–H and O–H groups in total. The molecule has 0 radical (unpaired) electrons. The highest BCUT2D eigenvalue weighted by Gasteiger charge is 2.35. The van der Waals surface area contributed by atoms with Crippen LogP contribution in [0.15, 0.2) is 18.2 Å². The first-order valence-electron chi connectivity index (χ1n) is 7.62. The Morgan fingerprint density at radius 2 is 1.85 bits per heavy atom. The lowest BCUT2D eigenvalue weighted by atomic mass is 10.2. The van der Waals surface area contributed by atoms with Crippen molar-refractivity contribution < 1.29 is 27.5 Å². The lowest BCUT2D eigenvalue weighted by Crippen LogP contribution is -2.43. The monoisotopic (exact) mass is 425 g/mol. The molecule has 0 aliphatic rings. The number of hydrogen-bond acceptors (Lipinski definition) is 6. The molecule has 1 amide bonds. The van der Waals surface area contributed by atoms with Gasteiger partial charge in [-0.15, -0.1) is 11.6 Å². The average molecular weight is 426 g/mol. The maximum absolute atomic E-state index is 12.7. The fourth-order valence-corrected chi connectivity index (χ4v) is 3.83. The van der Waals surface area contributed by atoms with Crippen molar-refractivity contribution >= 4 is 51.0 Å². The molecule has 0 aliphatic heterocycles. The van der Waals surface area contributed by atoms with Crippen LogP contribution in [0.1, 0.15) is 37.6 Å². The summed E-state index contributed by atoms with van der Waals surface area (Å²) in [6.45, 7) is 4.78. The molecule has 7 nitrogen and oxygen atoms in total. The highest BCUT2D eigenvalue weighted by Crippen LogP contribution is 2.29. The summed E-state index contributed by atoms with van der Waals surface area (Å²) in [6, 6.07) is 3.83. The van der Waals surface area contributed by atoms with E-state index in [0.717, 1.165) is 7.11 Å². The highest BCUT2D eigenvalue weighted by atomic mass is 35.5. The number of esters is 1. The molecular weight excluding hydrogens is 405 g/mol. The molecule has 0 saturated heterocycles. The van der Waals surface area contributed by atoms with Gasteiger partial charge in [0.15, 0.2) is 0 Å². The lowest BCUT2D eigenvalue weighted by molar-refractivity contribution is 0.0600. The molecule has 10 heteroatoms. The zero-order chi connectivity index (χ0) is 20.1. The number of benzene rings is 1. The van der Waals surface area contributed by atoms with Gasteiger partial charge in [-0.3, -0.25) is 0 Å². The van der Waals surface area contributed by atoms with Gasteiger partial charge < -0.3 is 9.47 Å². The highest BCUT2D eigenvalue weighted by molar-refractivity contribution is 7.93. The Kier molecular flexibility index (Phi) is 7.73. The van der Waals surface area contributed by atoms with E-state index in [0.29, 0.717) is 4.31 Å². The molecule has 0 fully saturated rings. The minimum absolute atomic E-state index is 0.0892. The minimum atomic E-state index is -4.16. The van der Waals surface area contributed by atoms with Gasteiger partial charge in [0, 0.05) is 10.9 Å². The van der Waals surface area contributed by atoms with Crippen LogP contribution in [-0.2, 0) is 19.5 Å². The molecule has 0 unspecified atom stereocenters. The molecule has 0 bridgehead atoms. The number of sulfonamides is 1. The van der Waals surface area contributed by atoms with Crippen molar-refractivity contribution in [2.45, 2.75) is 32.8 Å². The Morgan fingerprint density at radius 1 is 1.23 bits per heavy atom. The van der Waals surface area contributed by atoms with E-state index in [-0.39, 0.29) is 28.6 Å². The van der Waals surface area contributed by atoms with Gasteiger partial charge >= 0.3 is 12.1 Å². The van der Waals surface area contributed by atoms with Gasteiger partial charge in [0.05, 0.1) is 24.1 Å². The van der Waals surface area contributed by atoms with Gasteiger partial charge in [-0.25, -0.2) is 18.0 Å².